The summed E-state index contributed by atoms with van der Waals surface area (Å²) in [6, 6.07) is 0. The molecule has 0 aliphatic heterocycles. The molecule has 0 aliphatic rings. The molecule has 2 unspecified atom stereocenters. The quantitative estimate of drug-likeness (QED) is 0.435. The summed E-state index contributed by atoms with van der Waals surface area (Å²) in [5.74, 6) is -17.8. The summed E-state index contributed by atoms with van der Waals surface area (Å²) in [5, 5.41) is -8.20. The molecule has 0 saturated heterocycles. The molecule has 0 bridgehead atoms. The van der Waals surface area contributed by atoms with E-state index in [1.165, 1.54) is 0 Å². The van der Waals surface area contributed by atoms with Crippen molar-refractivity contribution in [2.24, 2.45) is 0 Å². The Morgan fingerprint density at radius 2 is 0.690 bits per heavy atom. The number of hydrogen-bond acceptors (Lipinski definition) is 2. The van der Waals surface area contributed by atoms with Crippen LogP contribution in [0.1, 0.15) is 0 Å². The van der Waals surface area contributed by atoms with Crippen LogP contribution < -0.4 is 0 Å². The Hall–Kier alpha value is -1.28. The Morgan fingerprint density at radius 1 is 0.448 bits per heavy atom. The van der Waals surface area contributed by atoms with Crippen LogP contribution in [-0.4, -0.2) is 59.9 Å². The Morgan fingerprint density at radius 3 is 0.862 bits per heavy atom. The first-order valence-corrected chi connectivity index (χ1v) is 7.12. The van der Waals surface area contributed by atoms with Gasteiger partial charge in [0.1, 0.15) is 0 Å². The first kappa shape index (κ1) is 27.7. The van der Waals surface area contributed by atoms with Crippen molar-refractivity contribution < 1.29 is 87.6 Å². The van der Waals surface area contributed by atoms with Crippen molar-refractivity contribution in [3.05, 3.63) is 0 Å². The van der Waals surface area contributed by atoms with E-state index >= 15 is 0 Å². The topological polar surface area (TPSA) is 54.4 Å². The minimum absolute atomic E-state index is 7.74. The van der Waals surface area contributed by atoms with Crippen molar-refractivity contribution in [1.29, 1.82) is 0 Å². The lowest BCUT2D eigenvalue weighted by molar-refractivity contribution is -0.468. The van der Waals surface area contributed by atoms with Crippen molar-refractivity contribution in [3.8, 4) is 0 Å². The first-order valence-electron chi connectivity index (χ1n) is 5.68. The molecule has 3 nitrogen and oxygen atoms in total. The maximum atomic E-state index is 13.9. The SMILES string of the molecule is O=S(=O)(O)C(F)(F)C(F)(F)C(F)(C(F)(F)F)C(F)(C(F)(F)F)C(F)(F)C(F)(F)F. The van der Waals surface area contributed by atoms with Gasteiger partial charge < -0.3 is 0 Å². The fourth-order valence-corrected chi connectivity index (χ4v) is 2.20. The standard InChI is InChI=1S/C8HF17O3S/c9-1(5(15,16)17,3(11,12)7(21,22)23)2(10,6(18,19)20)4(13,14)8(24,25)29(26,27)28/h(H,26,27,28). The largest absolute Gasteiger partial charge is 0.457 e. The van der Waals surface area contributed by atoms with Gasteiger partial charge >= 0.3 is 57.1 Å². The number of rotatable bonds is 5. The summed E-state index contributed by atoms with van der Waals surface area (Å²) in [7, 11) is -8.17. The molecule has 0 saturated carbocycles. The molecule has 1 N–H and O–H groups in total. The van der Waals surface area contributed by atoms with Crippen LogP contribution in [0, 0.1) is 0 Å². The zero-order valence-corrected chi connectivity index (χ0v) is 12.9. The summed E-state index contributed by atoms with van der Waals surface area (Å²) in [6.07, 6.45) is -25.7. The van der Waals surface area contributed by atoms with Crippen LogP contribution in [0.15, 0.2) is 0 Å². The maximum absolute atomic E-state index is 13.9. The van der Waals surface area contributed by atoms with Gasteiger partial charge in [0.25, 0.3) is 0 Å². The molecular formula is C8HF17O3S. The van der Waals surface area contributed by atoms with Gasteiger partial charge in [-0.05, 0) is 0 Å². The van der Waals surface area contributed by atoms with E-state index in [1.807, 2.05) is 0 Å². The average molecular weight is 500 g/mol. The number of hydrogen-bond donors (Lipinski definition) is 1. The van der Waals surface area contributed by atoms with Crippen LogP contribution in [-0.2, 0) is 10.1 Å². The highest BCUT2D eigenvalue weighted by Crippen LogP contribution is 2.68. The molecule has 0 heterocycles. The summed E-state index contributed by atoms with van der Waals surface area (Å²) >= 11 is 0. The first-order chi connectivity index (χ1) is 12.0. The van der Waals surface area contributed by atoms with Gasteiger partial charge in [-0.1, -0.05) is 0 Å². The van der Waals surface area contributed by atoms with E-state index in [4.69, 9.17) is 4.55 Å². The van der Waals surface area contributed by atoms with Gasteiger partial charge in [0.15, 0.2) is 0 Å². The molecule has 0 aromatic carbocycles. The van der Waals surface area contributed by atoms with E-state index < -0.39 is 57.1 Å². The minimum atomic E-state index is -9.33. The van der Waals surface area contributed by atoms with Gasteiger partial charge in [-0.2, -0.15) is 74.3 Å². The van der Waals surface area contributed by atoms with Gasteiger partial charge in [-0.15, -0.1) is 0 Å². The van der Waals surface area contributed by atoms with Crippen molar-refractivity contribution in [3.63, 3.8) is 0 Å². The van der Waals surface area contributed by atoms with Gasteiger partial charge in [-0.25, -0.2) is 8.78 Å². The van der Waals surface area contributed by atoms with Crippen LogP contribution in [0.5, 0.6) is 0 Å². The monoisotopic (exact) mass is 500 g/mol. The van der Waals surface area contributed by atoms with E-state index in [2.05, 4.69) is 0 Å². The minimum Gasteiger partial charge on any atom is -0.281 e. The van der Waals surface area contributed by atoms with Gasteiger partial charge in [0.2, 0.25) is 0 Å². The second-order valence-corrected chi connectivity index (χ2v) is 6.41. The lowest BCUT2D eigenvalue weighted by Gasteiger charge is -2.48. The lowest BCUT2D eigenvalue weighted by Crippen LogP contribution is -2.83. The third kappa shape index (κ3) is 3.26. The Bertz CT molecular complexity index is 729. The van der Waals surface area contributed by atoms with E-state index in [0.29, 0.717) is 0 Å². The van der Waals surface area contributed by atoms with Gasteiger partial charge in [0, 0.05) is 0 Å². The highest BCUT2D eigenvalue weighted by atomic mass is 32.2. The van der Waals surface area contributed by atoms with E-state index in [9.17, 15) is 83.1 Å². The summed E-state index contributed by atoms with van der Waals surface area (Å²) in [5.41, 5.74) is -18.6. The molecule has 2 atom stereocenters. The van der Waals surface area contributed by atoms with E-state index in [-0.39, 0.29) is 0 Å². The molecule has 0 spiro atoms. The Labute approximate surface area is 146 Å². The number of halogens is 17. The highest BCUT2D eigenvalue weighted by Gasteiger charge is 3.01. The van der Waals surface area contributed by atoms with Crippen LogP contribution in [0.4, 0.5) is 74.6 Å². The highest BCUT2D eigenvalue weighted by molar-refractivity contribution is 7.87. The van der Waals surface area contributed by atoms with Crippen molar-refractivity contribution in [2.45, 2.75) is 47.0 Å². The van der Waals surface area contributed by atoms with Gasteiger partial charge in [0.05, 0.1) is 0 Å². The molecule has 0 aliphatic carbocycles. The molecule has 0 aromatic rings. The lowest BCUT2D eigenvalue weighted by atomic mass is 9.74. The third-order valence-electron chi connectivity index (χ3n) is 3.17. The second kappa shape index (κ2) is 6.36. The van der Waals surface area contributed by atoms with Gasteiger partial charge in [-0.3, -0.25) is 4.55 Å². The van der Waals surface area contributed by atoms with Crippen LogP contribution in [0.3, 0.4) is 0 Å². The second-order valence-electron chi connectivity index (χ2n) is 4.95. The molecule has 0 amide bonds. The molecule has 0 rings (SSSR count). The molecule has 176 valence electrons. The smallest absolute Gasteiger partial charge is 0.281 e. The number of alkyl halides is 17. The van der Waals surface area contributed by atoms with Crippen LogP contribution >= 0.6 is 0 Å². The Kier molecular flexibility index (Phi) is 6.08. The summed E-state index contributed by atoms with van der Waals surface area (Å²) in [6.45, 7) is 0. The molecular weight excluding hydrogens is 499 g/mol. The predicted octanol–water partition coefficient (Wildman–Crippen LogP) is 4.84. The van der Waals surface area contributed by atoms with Crippen LogP contribution in [0.25, 0.3) is 0 Å². The van der Waals surface area contributed by atoms with Crippen molar-refractivity contribution >= 4 is 10.1 Å². The van der Waals surface area contributed by atoms with E-state index in [0.717, 1.165) is 0 Å². The van der Waals surface area contributed by atoms with Crippen molar-refractivity contribution in [2.75, 3.05) is 0 Å². The molecule has 0 aromatic heterocycles. The average Bonchev–Trinajstić information content (AvgIpc) is 2.39. The summed E-state index contributed by atoms with van der Waals surface area (Å²) < 4.78 is 245. The fourth-order valence-electron chi connectivity index (χ4n) is 1.74. The molecule has 29 heavy (non-hydrogen) atoms. The van der Waals surface area contributed by atoms with E-state index in [1.54, 1.807) is 0 Å². The third-order valence-corrected chi connectivity index (χ3v) is 4.07. The molecule has 21 heteroatoms. The summed E-state index contributed by atoms with van der Waals surface area (Å²) in [4.78, 5) is 0. The Balaban J connectivity index is 7.85. The fraction of sp³-hybridized carbons (Fsp3) is 1.00. The normalized spacial score (nSPS) is 20.2. The zero-order chi connectivity index (χ0) is 24.5. The predicted molar refractivity (Wildman–Crippen MR) is 52.2 cm³/mol. The zero-order valence-electron chi connectivity index (χ0n) is 12.1. The molecule has 0 radical (unpaired) electrons. The molecule has 0 fully saturated rings. The van der Waals surface area contributed by atoms with Crippen molar-refractivity contribution in [1.82, 2.24) is 0 Å². The van der Waals surface area contributed by atoms with Crippen LogP contribution in [0.2, 0.25) is 0 Å². The maximum Gasteiger partial charge on any atom is 0.457 e.